The van der Waals surface area contributed by atoms with Gasteiger partial charge in [0.15, 0.2) is 11.5 Å². The van der Waals surface area contributed by atoms with E-state index in [0.717, 1.165) is 23.3 Å². The smallest absolute Gasteiger partial charge is 0.248 e. The molecule has 0 spiro atoms. The van der Waals surface area contributed by atoms with Crippen LogP contribution in [-0.4, -0.2) is 33.0 Å². The third-order valence-electron chi connectivity index (χ3n) is 5.52. The Hall–Kier alpha value is -2.88. The van der Waals surface area contributed by atoms with Gasteiger partial charge in [0.05, 0.1) is 12.2 Å². The maximum Gasteiger partial charge on any atom is 0.248 e. The number of benzene rings is 2. The van der Waals surface area contributed by atoms with Crippen LogP contribution in [0.5, 0.6) is 11.5 Å². The minimum atomic E-state index is -0.568. The monoisotopic (exact) mass is 547 g/mol. The van der Waals surface area contributed by atoms with E-state index in [2.05, 4.69) is 22.3 Å². The van der Waals surface area contributed by atoms with Crippen LogP contribution in [0.25, 0.3) is 0 Å². The molecule has 36 heavy (non-hydrogen) atoms. The van der Waals surface area contributed by atoms with Crippen LogP contribution in [0.3, 0.4) is 0 Å². The molecule has 1 aromatic heterocycles. The Balaban J connectivity index is 1.70. The predicted octanol–water partition coefficient (Wildman–Crippen LogP) is 5.84. The van der Waals surface area contributed by atoms with E-state index < -0.39 is 11.9 Å². The lowest BCUT2D eigenvalue weighted by atomic mass is 9.95. The first-order chi connectivity index (χ1) is 17.3. The first kappa shape index (κ1) is 26.2. The van der Waals surface area contributed by atoms with Crippen molar-refractivity contribution in [3.63, 3.8) is 0 Å². The van der Waals surface area contributed by atoms with Crippen molar-refractivity contribution in [3.05, 3.63) is 68.8 Å². The van der Waals surface area contributed by atoms with Crippen molar-refractivity contribution in [2.75, 3.05) is 17.7 Å². The summed E-state index contributed by atoms with van der Waals surface area (Å²) in [5, 5.41) is 9.55. The van der Waals surface area contributed by atoms with Crippen molar-refractivity contribution in [2.24, 2.45) is 5.73 Å². The molecule has 0 saturated carbocycles. The number of ether oxygens (including phenoxy) is 2. The Kier molecular flexibility index (Phi) is 8.33. The third kappa shape index (κ3) is 5.58. The molecule has 0 bridgehead atoms. The van der Waals surface area contributed by atoms with Crippen LogP contribution in [0.4, 0.5) is 5.95 Å². The van der Waals surface area contributed by atoms with E-state index in [4.69, 9.17) is 38.4 Å². The number of fused-ring (bicyclic) bond motifs is 1. The van der Waals surface area contributed by atoms with Gasteiger partial charge in [0.25, 0.3) is 0 Å². The topological polar surface area (TPSA) is 104 Å². The van der Waals surface area contributed by atoms with Gasteiger partial charge >= 0.3 is 0 Å². The second-order valence-electron chi connectivity index (χ2n) is 8.11. The summed E-state index contributed by atoms with van der Waals surface area (Å²) in [6.07, 6.45) is 0.996. The van der Waals surface area contributed by atoms with Crippen LogP contribution in [0.15, 0.2) is 52.8 Å². The van der Waals surface area contributed by atoms with Gasteiger partial charge in [-0.2, -0.15) is 4.98 Å². The first-order valence-electron chi connectivity index (χ1n) is 11.5. The molecular weight excluding hydrogens is 521 g/mol. The Morgan fingerprint density at radius 3 is 2.67 bits per heavy atom. The molecule has 0 radical (unpaired) electrons. The minimum absolute atomic E-state index is 0.236. The normalized spacial score (nSPS) is 14.9. The lowest BCUT2D eigenvalue weighted by Crippen LogP contribution is -2.31. The highest BCUT2D eigenvalue weighted by atomic mass is 35.5. The lowest BCUT2D eigenvalue weighted by Gasteiger charge is -2.28. The molecule has 11 heteroatoms. The summed E-state index contributed by atoms with van der Waals surface area (Å²) in [5.41, 5.74) is 8.42. The number of allylic oxidation sites excluding steroid dienone is 1. The van der Waals surface area contributed by atoms with Gasteiger partial charge in [-0.05, 0) is 50.1 Å². The zero-order valence-electron chi connectivity index (χ0n) is 20.2. The van der Waals surface area contributed by atoms with Crippen LogP contribution in [-0.2, 0) is 11.4 Å². The molecule has 3 aromatic rings. The fourth-order valence-corrected chi connectivity index (χ4v) is 5.04. The zero-order valence-corrected chi connectivity index (χ0v) is 22.5. The molecule has 1 aliphatic rings. The molecule has 0 fully saturated rings. The highest BCUT2D eigenvalue weighted by molar-refractivity contribution is 7.99. The van der Waals surface area contributed by atoms with Crippen molar-refractivity contribution >= 4 is 46.8 Å². The van der Waals surface area contributed by atoms with Gasteiger partial charge in [-0.1, -0.05) is 54.0 Å². The zero-order chi connectivity index (χ0) is 25.8. The number of aromatic nitrogens is 3. The largest absolute Gasteiger partial charge is 0.490 e. The third-order valence-corrected chi connectivity index (χ3v) is 7.15. The molecule has 0 saturated heterocycles. The number of carbonyl (C=O) groups excluding carboxylic acids is 1. The number of nitrogens with two attached hydrogens (primary N) is 1. The van der Waals surface area contributed by atoms with E-state index in [1.54, 1.807) is 35.5 Å². The van der Waals surface area contributed by atoms with E-state index in [1.807, 2.05) is 31.2 Å². The number of carbonyl (C=O) groups is 1. The fraction of sp³-hybridized carbons (Fsp3) is 0.320. The van der Waals surface area contributed by atoms with Crippen molar-refractivity contribution in [1.29, 1.82) is 0 Å². The number of rotatable bonds is 10. The molecule has 190 valence electrons. The summed E-state index contributed by atoms with van der Waals surface area (Å²) < 4.78 is 13.6. The number of nitrogens with zero attached hydrogens (tertiary/aromatic N) is 3. The van der Waals surface area contributed by atoms with E-state index in [0.29, 0.717) is 50.5 Å². The number of halogens is 2. The van der Waals surface area contributed by atoms with E-state index in [-0.39, 0.29) is 6.61 Å². The number of amides is 1. The minimum Gasteiger partial charge on any atom is -0.490 e. The van der Waals surface area contributed by atoms with Crippen LogP contribution >= 0.6 is 35.0 Å². The molecule has 4 rings (SSSR count). The summed E-state index contributed by atoms with van der Waals surface area (Å²) in [6.45, 7) is 6.46. The summed E-state index contributed by atoms with van der Waals surface area (Å²) in [5.74, 6) is 1.98. The average Bonchev–Trinajstić information content (AvgIpc) is 3.24. The number of hydrogen-bond acceptors (Lipinski definition) is 7. The molecular formula is C25H27Cl2N5O3S. The molecule has 2 aromatic carbocycles. The quantitative estimate of drug-likeness (QED) is 0.307. The van der Waals surface area contributed by atoms with Crippen LogP contribution in [0, 0.1) is 0 Å². The Bertz CT molecular complexity index is 1310. The average molecular weight is 548 g/mol. The predicted molar refractivity (Wildman–Crippen MR) is 143 cm³/mol. The molecule has 3 N–H and O–H groups in total. The van der Waals surface area contributed by atoms with Gasteiger partial charge in [-0.15, -0.1) is 5.10 Å². The molecule has 1 amide bonds. The molecule has 1 atom stereocenters. The second-order valence-corrected chi connectivity index (χ2v) is 10.0. The van der Waals surface area contributed by atoms with Gasteiger partial charge in [0.1, 0.15) is 12.6 Å². The highest BCUT2D eigenvalue weighted by Crippen LogP contribution is 2.39. The van der Waals surface area contributed by atoms with E-state index in [1.165, 1.54) is 0 Å². The number of anilines is 1. The molecule has 8 nitrogen and oxygen atoms in total. The molecule has 1 aliphatic heterocycles. The lowest BCUT2D eigenvalue weighted by molar-refractivity contribution is -0.115. The van der Waals surface area contributed by atoms with E-state index >= 15 is 0 Å². The van der Waals surface area contributed by atoms with Crippen molar-refractivity contribution in [1.82, 2.24) is 14.8 Å². The van der Waals surface area contributed by atoms with Crippen molar-refractivity contribution in [2.45, 2.75) is 45.0 Å². The number of primary amides is 1. The Morgan fingerprint density at radius 2 is 1.97 bits per heavy atom. The fourth-order valence-electron chi connectivity index (χ4n) is 3.89. The molecule has 0 aliphatic carbocycles. The maximum absolute atomic E-state index is 12.5. The number of hydrogen-bond donors (Lipinski definition) is 2. The summed E-state index contributed by atoms with van der Waals surface area (Å²) in [7, 11) is 0. The summed E-state index contributed by atoms with van der Waals surface area (Å²) >= 11 is 13.9. The standard InChI is InChI=1S/C25H27Cl2N5O3S/c1-4-10-36-25-30-24-29-14(3)21(23(28)33)22(32(24)31-25)15-7-9-19(20(11-15)34-5-2)35-13-16-6-8-17(26)12-18(16)27/h6-9,11-12,22H,4-5,10,13H2,1-3H3,(H2,28,33)(H,29,30,31). The summed E-state index contributed by atoms with van der Waals surface area (Å²) in [4.78, 5) is 17.1. The van der Waals surface area contributed by atoms with Crippen LogP contribution in [0.1, 0.15) is 44.4 Å². The SMILES string of the molecule is CCCSc1nc2n(n1)C(c1ccc(OCc3ccc(Cl)cc3Cl)c(OCC)c1)C(C(N)=O)=C(C)N2. The van der Waals surface area contributed by atoms with Gasteiger partial charge in [0, 0.05) is 27.1 Å². The molecule has 1 unspecified atom stereocenters. The van der Waals surface area contributed by atoms with Gasteiger partial charge < -0.3 is 20.5 Å². The van der Waals surface area contributed by atoms with Gasteiger partial charge in [0.2, 0.25) is 17.0 Å². The highest BCUT2D eigenvalue weighted by Gasteiger charge is 2.34. The number of nitrogens with one attached hydrogen (secondary N) is 1. The summed E-state index contributed by atoms with van der Waals surface area (Å²) in [6, 6.07) is 10.2. The number of thioether (sulfide) groups is 1. The van der Waals surface area contributed by atoms with Crippen molar-refractivity contribution < 1.29 is 14.3 Å². The van der Waals surface area contributed by atoms with Gasteiger partial charge in [-0.3, -0.25) is 4.79 Å². The second kappa shape index (κ2) is 11.5. The van der Waals surface area contributed by atoms with Gasteiger partial charge in [-0.25, -0.2) is 4.68 Å². The maximum atomic E-state index is 12.5. The van der Waals surface area contributed by atoms with Crippen LogP contribution < -0.4 is 20.5 Å². The van der Waals surface area contributed by atoms with E-state index in [9.17, 15) is 4.79 Å². The Labute approximate surface area is 224 Å². The van der Waals surface area contributed by atoms with Crippen molar-refractivity contribution in [3.8, 4) is 11.5 Å². The molecule has 2 heterocycles. The van der Waals surface area contributed by atoms with Crippen LogP contribution in [0.2, 0.25) is 10.0 Å². The first-order valence-corrected chi connectivity index (χ1v) is 13.3. The Morgan fingerprint density at radius 1 is 1.17 bits per heavy atom.